The molecule has 0 saturated carbocycles. The van der Waals surface area contributed by atoms with E-state index < -0.39 is 0 Å². The third-order valence-corrected chi connectivity index (χ3v) is 6.06. The van der Waals surface area contributed by atoms with Crippen LogP contribution in [0.1, 0.15) is 50.8 Å². The van der Waals surface area contributed by atoms with Crippen molar-refractivity contribution in [2.45, 2.75) is 47.3 Å². The Balaban J connectivity index is 2.22. The normalized spacial score (nSPS) is 12.1. The number of allylic oxidation sites excluding steroid dienone is 5. The molecule has 0 aliphatic carbocycles. The largest absolute Gasteiger partial charge is 0.496 e. The molecule has 5 nitrogen and oxygen atoms in total. The van der Waals surface area contributed by atoms with Crippen molar-refractivity contribution >= 4 is 16.5 Å². The maximum Gasteiger partial charge on any atom is 0.138 e. The van der Waals surface area contributed by atoms with E-state index >= 15 is 0 Å². The number of nitrogens with zero attached hydrogens (tertiary/aromatic N) is 1. The van der Waals surface area contributed by atoms with Gasteiger partial charge in [-0.1, -0.05) is 48.4 Å². The third-order valence-electron chi connectivity index (χ3n) is 6.06. The van der Waals surface area contributed by atoms with Crippen LogP contribution in [-0.4, -0.2) is 24.3 Å². The van der Waals surface area contributed by atoms with Crippen LogP contribution in [0.15, 0.2) is 77.7 Å². The van der Waals surface area contributed by atoms with Gasteiger partial charge in [-0.3, -0.25) is 4.98 Å². The van der Waals surface area contributed by atoms with Gasteiger partial charge in [-0.05, 0) is 62.6 Å². The van der Waals surface area contributed by atoms with E-state index in [0.717, 1.165) is 51.1 Å². The van der Waals surface area contributed by atoms with Gasteiger partial charge in [0.05, 0.1) is 25.8 Å². The van der Waals surface area contributed by atoms with Gasteiger partial charge in [0.1, 0.15) is 17.3 Å². The minimum absolute atomic E-state index is 0.0403. The molecule has 2 aromatic carbocycles. The van der Waals surface area contributed by atoms with Crippen molar-refractivity contribution in [1.82, 2.24) is 4.98 Å². The van der Waals surface area contributed by atoms with Crippen molar-refractivity contribution < 1.29 is 19.3 Å². The van der Waals surface area contributed by atoms with Gasteiger partial charge in [0.2, 0.25) is 0 Å². The number of pyridine rings is 1. The van der Waals surface area contributed by atoms with Crippen molar-refractivity contribution in [2.75, 3.05) is 14.2 Å². The molecule has 0 atom stereocenters. The lowest BCUT2D eigenvalue weighted by molar-refractivity contribution is 0.182. The molecule has 0 unspecified atom stereocenters. The van der Waals surface area contributed by atoms with Crippen LogP contribution in [0.4, 0.5) is 0 Å². The molecule has 0 aliphatic heterocycles. The van der Waals surface area contributed by atoms with E-state index in [2.05, 4.69) is 38.8 Å². The van der Waals surface area contributed by atoms with E-state index in [0.29, 0.717) is 12.4 Å². The predicted octanol–water partition coefficient (Wildman–Crippen LogP) is 6.99. The van der Waals surface area contributed by atoms with E-state index in [1.54, 1.807) is 20.4 Å². The number of fused-ring (bicyclic) bond motifs is 1. The molecule has 1 N–H and O–H groups in total. The Hall–Kier alpha value is -3.41. The first-order chi connectivity index (χ1) is 16.9. The van der Waals surface area contributed by atoms with Gasteiger partial charge in [0.15, 0.2) is 0 Å². The standard InChI is InChI=1S/C30H35NO4/c1-7-24(25-11-9-8-10-22(25)18-32)28(13-12-21(4)20(2)3)35-29-14-15-31-27-16-23(19-33-5)30(34-6)17-26(27)29/h8-17,32H,7,18-19H2,1-6H3/b13-12-,28-24-. The first-order valence-electron chi connectivity index (χ1n) is 11.8. The fourth-order valence-corrected chi connectivity index (χ4v) is 3.87. The van der Waals surface area contributed by atoms with E-state index in [1.807, 2.05) is 48.5 Å². The van der Waals surface area contributed by atoms with E-state index in [9.17, 15) is 5.11 Å². The van der Waals surface area contributed by atoms with E-state index in [4.69, 9.17) is 14.2 Å². The summed E-state index contributed by atoms with van der Waals surface area (Å²) in [6, 6.07) is 13.7. The summed E-state index contributed by atoms with van der Waals surface area (Å²) in [7, 11) is 3.31. The number of aromatic nitrogens is 1. The van der Waals surface area contributed by atoms with Gasteiger partial charge in [-0.15, -0.1) is 0 Å². The van der Waals surface area contributed by atoms with Crippen LogP contribution in [0.25, 0.3) is 16.5 Å². The SMILES string of the molecule is CC/C(=C(\C=C/C(C)=C(C)C)Oc1ccnc2cc(COC)c(OC)cc12)c1ccccc1CO. The first-order valence-corrected chi connectivity index (χ1v) is 11.8. The summed E-state index contributed by atoms with van der Waals surface area (Å²) < 4.78 is 17.6. The maximum atomic E-state index is 9.97. The molecule has 184 valence electrons. The predicted molar refractivity (Wildman–Crippen MR) is 142 cm³/mol. The Morgan fingerprint density at radius 3 is 2.40 bits per heavy atom. The third kappa shape index (κ3) is 6.18. The molecular weight excluding hydrogens is 438 g/mol. The number of aliphatic hydroxyl groups excluding tert-OH is 1. The molecule has 3 rings (SSSR count). The molecule has 3 aromatic rings. The summed E-state index contributed by atoms with van der Waals surface area (Å²) in [5.41, 5.74) is 6.98. The van der Waals surface area contributed by atoms with Crippen LogP contribution in [0.3, 0.4) is 0 Å². The summed E-state index contributed by atoms with van der Waals surface area (Å²) in [6.07, 6.45) is 6.56. The quantitative estimate of drug-likeness (QED) is 0.254. The second-order valence-corrected chi connectivity index (χ2v) is 8.55. The average molecular weight is 474 g/mol. The van der Waals surface area contributed by atoms with E-state index in [1.165, 1.54) is 11.1 Å². The zero-order valence-corrected chi connectivity index (χ0v) is 21.5. The minimum atomic E-state index is -0.0403. The number of hydrogen-bond donors (Lipinski definition) is 1. The number of ether oxygens (including phenoxy) is 3. The lowest BCUT2D eigenvalue weighted by Crippen LogP contribution is -2.02. The van der Waals surface area contributed by atoms with Gasteiger partial charge in [0, 0.05) is 29.8 Å². The average Bonchev–Trinajstić information content (AvgIpc) is 2.87. The molecule has 5 heteroatoms. The Labute approximate surface area is 208 Å². The van der Waals surface area contributed by atoms with Crippen LogP contribution in [0, 0.1) is 0 Å². The fraction of sp³-hybridized carbons (Fsp3) is 0.300. The molecular formula is C30H35NO4. The van der Waals surface area contributed by atoms with Gasteiger partial charge < -0.3 is 19.3 Å². The van der Waals surface area contributed by atoms with Crippen LogP contribution < -0.4 is 9.47 Å². The number of benzene rings is 2. The number of methoxy groups -OCH3 is 2. The summed E-state index contributed by atoms with van der Waals surface area (Å²) in [4.78, 5) is 4.55. The van der Waals surface area contributed by atoms with Crippen LogP contribution in [0.2, 0.25) is 0 Å². The second-order valence-electron chi connectivity index (χ2n) is 8.55. The molecule has 1 aromatic heterocycles. The lowest BCUT2D eigenvalue weighted by Gasteiger charge is -2.17. The minimum Gasteiger partial charge on any atom is -0.496 e. The zero-order chi connectivity index (χ0) is 25.4. The number of rotatable bonds is 10. The Kier molecular flexibility index (Phi) is 9.24. The Morgan fingerprint density at radius 1 is 0.971 bits per heavy atom. The van der Waals surface area contributed by atoms with E-state index in [-0.39, 0.29) is 6.61 Å². The van der Waals surface area contributed by atoms with Crippen LogP contribution in [0.5, 0.6) is 11.5 Å². The van der Waals surface area contributed by atoms with Crippen molar-refractivity contribution in [1.29, 1.82) is 0 Å². The lowest BCUT2D eigenvalue weighted by atomic mass is 9.96. The monoisotopic (exact) mass is 473 g/mol. The van der Waals surface area contributed by atoms with Gasteiger partial charge in [0.25, 0.3) is 0 Å². The molecule has 35 heavy (non-hydrogen) atoms. The topological polar surface area (TPSA) is 60.8 Å². The molecule has 0 aliphatic rings. The highest BCUT2D eigenvalue weighted by molar-refractivity contribution is 5.87. The maximum absolute atomic E-state index is 9.97. The molecule has 0 radical (unpaired) electrons. The van der Waals surface area contributed by atoms with Gasteiger partial charge in [-0.2, -0.15) is 0 Å². The second kappa shape index (κ2) is 12.3. The van der Waals surface area contributed by atoms with Crippen LogP contribution >= 0.6 is 0 Å². The summed E-state index contributed by atoms with van der Waals surface area (Å²) in [6.45, 7) is 8.75. The molecule has 0 bridgehead atoms. The fourth-order valence-electron chi connectivity index (χ4n) is 3.87. The smallest absolute Gasteiger partial charge is 0.138 e. The highest BCUT2D eigenvalue weighted by atomic mass is 16.5. The molecule has 0 fully saturated rings. The van der Waals surface area contributed by atoms with Crippen LogP contribution in [-0.2, 0) is 18.0 Å². The van der Waals surface area contributed by atoms with Gasteiger partial charge in [-0.25, -0.2) is 0 Å². The molecule has 0 spiro atoms. The summed E-state index contributed by atoms with van der Waals surface area (Å²) in [5, 5.41) is 10.8. The molecule has 1 heterocycles. The highest BCUT2D eigenvalue weighted by Crippen LogP contribution is 2.35. The summed E-state index contributed by atoms with van der Waals surface area (Å²) in [5.74, 6) is 2.13. The zero-order valence-electron chi connectivity index (χ0n) is 21.5. The van der Waals surface area contributed by atoms with Crippen molar-refractivity contribution in [3.63, 3.8) is 0 Å². The number of hydrogen-bond acceptors (Lipinski definition) is 5. The summed E-state index contributed by atoms with van der Waals surface area (Å²) >= 11 is 0. The molecule has 0 saturated heterocycles. The Bertz CT molecular complexity index is 1270. The molecule has 0 amide bonds. The Morgan fingerprint density at radius 2 is 1.74 bits per heavy atom. The van der Waals surface area contributed by atoms with Crippen molar-refractivity contribution in [3.8, 4) is 11.5 Å². The van der Waals surface area contributed by atoms with Crippen molar-refractivity contribution in [3.05, 3.63) is 94.4 Å². The highest BCUT2D eigenvalue weighted by Gasteiger charge is 2.15. The number of aliphatic hydroxyl groups is 1. The first kappa shape index (κ1) is 26.2. The van der Waals surface area contributed by atoms with Crippen molar-refractivity contribution in [2.24, 2.45) is 0 Å². The van der Waals surface area contributed by atoms with Gasteiger partial charge >= 0.3 is 0 Å².